The van der Waals surface area contributed by atoms with Crippen molar-refractivity contribution in [2.75, 3.05) is 14.1 Å². The van der Waals surface area contributed by atoms with Crippen LogP contribution < -0.4 is 5.32 Å². The van der Waals surface area contributed by atoms with Gasteiger partial charge in [0.1, 0.15) is 10.7 Å². The minimum absolute atomic E-state index is 0.178. The average molecular weight is 316 g/mol. The van der Waals surface area contributed by atoms with E-state index >= 15 is 0 Å². The smallest absolute Gasteiger partial charge is 0.245 e. The van der Waals surface area contributed by atoms with Gasteiger partial charge in [-0.15, -0.1) is 0 Å². The molecule has 0 fully saturated rings. The molecule has 0 saturated heterocycles. The largest absolute Gasteiger partial charge is 0.316 e. The summed E-state index contributed by atoms with van der Waals surface area (Å²) in [6, 6.07) is 4.02. The van der Waals surface area contributed by atoms with Gasteiger partial charge in [0.2, 0.25) is 10.0 Å². The molecule has 1 N–H and O–H groups in total. The predicted octanol–water partition coefficient (Wildman–Crippen LogP) is 2.60. The molecule has 0 bridgehead atoms. The van der Waals surface area contributed by atoms with Gasteiger partial charge in [-0.25, -0.2) is 12.8 Å². The summed E-state index contributed by atoms with van der Waals surface area (Å²) in [5.41, 5.74) is 0.738. The Labute approximate surface area is 127 Å². The molecular weight excluding hydrogens is 291 g/mol. The van der Waals surface area contributed by atoms with Gasteiger partial charge in [-0.05, 0) is 44.0 Å². The van der Waals surface area contributed by atoms with Crippen LogP contribution in [0.2, 0.25) is 0 Å². The van der Waals surface area contributed by atoms with Gasteiger partial charge in [-0.2, -0.15) is 4.31 Å². The first-order valence-corrected chi connectivity index (χ1v) is 8.55. The molecule has 0 amide bonds. The van der Waals surface area contributed by atoms with Crippen LogP contribution in [0.4, 0.5) is 4.39 Å². The molecule has 0 saturated carbocycles. The Morgan fingerprint density at radius 1 is 1.29 bits per heavy atom. The highest BCUT2D eigenvalue weighted by Gasteiger charge is 2.28. The monoisotopic (exact) mass is 316 g/mol. The molecular formula is C15H25FN2O2S. The fourth-order valence-corrected chi connectivity index (χ4v) is 3.77. The van der Waals surface area contributed by atoms with E-state index in [1.54, 1.807) is 13.1 Å². The van der Waals surface area contributed by atoms with Crippen molar-refractivity contribution in [2.45, 2.75) is 44.7 Å². The van der Waals surface area contributed by atoms with E-state index in [9.17, 15) is 12.8 Å². The molecule has 1 atom stereocenters. The van der Waals surface area contributed by atoms with Crippen molar-refractivity contribution in [3.63, 3.8) is 0 Å². The summed E-state index contributed by atoms with van der Waals surface area (Å²) in [5, 5.41) is 2.93. The molecule has 120 valence electrons. The highest BCUT2D eigenvalue weighted by molar-refractivity contribution is 7.89. The lowest BCUT2D eigenvalue weighted by Crippen LogP contribution is -2.36. The van der Waals surface area contributed by atoms with E-state index in [0.29, 0.717) is 12.5 Å². The molecule has 1 aromatic carbocycles. The summed E-state index contributed by atoms with van der Waals surface area (Å²) in [5.74, 6) is -0.337. The van der Waals surface area contributed by atoms with Gasteiger partial charge in [0.25, 0.3) is 0 Å². The van der Waals surface area contributed by atoms with Gasteiger partial charge in [-0.1, -0.05) is 19.9 Å². The van der Waals surface area contributed by atoms with Crippen LogP contribution in [0.15, 0.2) is 23.1 Å². The SMILES string of the molecule is CNCc1ccc(F)c(S(=O)(=O)N(C)C(C)CC(C)C)c1. The first kappa shape index (κ1) is 18.1. The lowest BCUT2D eigenvalue weighted by Gasteiger charge is -2.26. The standard InChI is InChI=1S/C15H25FN2O2S/c1-11(2)8-12(3)18(5)21(19,20)15-9-13(10-17-4)6-7-14(15)16/h6-7,9,11-12,17H,8,10H2,1-5H3. The van der Waals surface area contributed by atoms with E-state index in [2.05, 4.69) is 5.32 Å². The summed E-state index contributed by atoms with van der Waals surface area (Å²) in [4.78, 5) is -0.256. The van der Waals surface area contributed by atoms with E-state index in [0.717, 1.165) is 12.0 Å². The van der Waals surface area contributed by atoms with Crippen molar-refractivity contribution in [3.8, 4) is 0 Å². The van der Waals surface area contributed by atoms with Gasteiger partial charge >= 0.3 is 0 Å². The third-order valence-corrected chi connectivity index (χ3v) is 5.45. The number of nitrogens with one attached hydrogen (secondary N) is 1. The van der Waals surface area contributed by atoms with Crippen molar-refractivity contribution in [3.05, 3.63) is 29.6 Å². The van der Waals surface area contributed by atoms with Crippen LogP contribution in [0, 0.1) is 11.7 Å². The second-order valence-corrected chi connectivity index (χ2v) is 7.76. The summed E-state index contributed by atoms with van der Waals surface area (Å²) < 4.78 is 40.4. The number of benzene rings is 1. The van der Waals surface area contributed by atoms with Crippen LogP contribution in [0.3, 0.4) is 0 Å². The van der Waals surface area contributed by atoms with Crippen LogP contribution in [-0.2, 0) is 16.6 Å². The molecule has 0 radical (unpaired) electrons. The Hall–Kier alpha value is -0.980. The zero-order valence-corrected chi connectivity index (χ0v) is 14.2. The van der Waals surface area contributed by atoms with Crippen molar-refractivity contribution >= 4 is 10.0 Å². The van der Waals surface area contributed by atoms with Crippen LogP contribution in [0.1, 0.15) is 32.8 Å². The Bertz CT molecular complexity index is 573. The molecule has 1 rings (SSSR count). The minimum Gasteiger partial charge on any atom is -0.316 e. The molecule has 0 heterocycles. The first-order chi connectivity index (χ1) is 9.70. The number of rotatable bonds is 7. The number of hydrogen-bond donors (Lipinski definition) is 1. The number of halogens is 1. The third kappa shape index (κ3) is 4.49. The van der Waals surface area contributed by atoms with Crippen molar-refractivity contribution < 1.29 is 12.8 Å². The number of hydrogen-bond acceptors (Lipinski definition) is 3. The number of nitrogens with zero attached hydrogens (tertiary/aromatic N) is 1. The van der Waals surface area contributed by atoms with Gasteiger partial charge < -0.3 is 5.32 Å². The van der Waals surface area contributed by atoms with E-state index in [1.165, 1.54) is 23.5 Å². The Morgan fingerprint density at radius 3 is 2.43 bits per heavy atom. The molecule has 0 aliphatic rings. The average Bonchev–Trinajstić information content (AvgIpc) is 2.39. The lowest BCUT2D eigenvalue weighted by atomic mass is 10.1. The molecule has 0 aliphatic heterocycles. The summed E-state index contributed by atoms with van der Waals surface area (Å²) in [7, 11) is -0.560. The summed E-state index contributed by atoms with van der Waals surface area (Å²) in [6.07, 6.45) is 0.730. The number of sulfonamides is 1. The molecule has 0 aromatic heterocycles. The van der Waals surface area contributed by atoms with Crippen LogP contribution in [0.25, 0.3) is 0 Å². The molecule has 1 unspecified atom stereocenters. The lowest BCUT2D eigenvalue weighted by molar-refractivity contribution is 0.336. The molecule has 4 nitrogen and oxygen atoms in total. The zero-order chi connectivity index (χ0) is 16.2. The maximum Gasteiger partial charge on any atom is 0.245 e. The van der Waals surface area contributed by atoms with Crippen LogP contribution >= 0.6 is 0 Å². The van der Waals surface area contributed by atoms with Gasteiger partial charge in [0.05, 0.1) is 0 Å². The zero-order valence-electron chi connectivity index (χ0n) is 13.4. The highest BCUT2D eigenvalue weighted by atomic mass is 32.2. The topological polar surface area (TPSA) is 49.4 Å². The van der Waals surface area contributed by atoms with Crippen molar-refractivity contribution in [2.24, 2.45) is 5.92 Å². The maximum absolute atomic E-state index is 14.0. The Morgan fingerprint density at radius 2 is 1.90 bits per heavy atom. The second kappa shape index (κ2) is 7.33. The third-order valence-electron chi connectivity index (χ3n) is 3.47. The van der Waals surface area contributed by atoms with E-state index < -0.39 is 15.8 Å². The van der Waals surface area contributed by atoms with Crippen LogP contribution in [-0.4, -0.2) is 32.9 Å². The van der Waals surface area contributed by atoms with E-state index in [-0.39, 0.29) is 10.9 Å². The molecule has 21 heavy (non-hydrogen) atoms. The summed E-state index contributed by atoms with van der Waals surface area (Å²) >= 11 is 0. The molecule has 1 aromatic rings. The van der Waals surface area contributed by atoms with Crippen LogP contribution in [0.5, 0.6) is 0 Å². The molecule has 0 spiro atoms. The molecule has 0 aliphatic carbocycles. The Balaban J connectivity index is 3.14. The fourth-order valence-electron chi connectivity index (χ4n) is 2.28. The van der Waals surface area contributed by atoms with Gasteiger partial charge in [0.15, 0.2) is 0 Å². The van der Waals surface area contributed by atoms with Gasteiger partial charge in [0, 0.05) is 19.6 Å². The summed E-state index contributed by atoms with van der Waals surface area (Å²) in [6.45, 7) is 6.40. The fraction of sp³-hybridized carbons (Fsp3) is 0.600. The quantitative estimate of drug-likeness (QED) is 0.841. The highest BCUT2D eigenvalue weighted by Crippen LogP contribution is 2.23. The maximum atomic E-state index is 14.0. The van der Waals surface area contributed by atoms with Crippen molar-refractivity contribution in [1.29, 1.82) is 0 Å². The van der Waals surface area contributed by atoms with E-state index in [1.807, 2.05) is 20.8 Å². The van der Waals surface area contributed by atoms with E-state index in [4.69, 9.17) is 0 Å². The van der Waals surface area contributed by atoms with Gasteiger partial charge in [-0.3, -0.25) is 0 Å². The second-order valence-electron chi connectivity index (χ2n) is 5.79. The predicted molar refractivity (Wildman–Crippen MR) is 83.0 cm³/mol. The minimum atomic E-state index is -3.82. The Kier molecular flexibility index (Phi) is 6.31. The first-order valence-electron chi connectivity index (χ1n) is 7.11. The van der Waals surface area contributed by atoms with Crippen molar-refractivity contribution in [1.82, 2.24) is 9.62 Å². The normalized spacial score (nSPS) is 13.9. The molecule has 6 heteroatoms.